The van der Waals surface area contributed by atoms with Gasteiger partial charge in [0.2, 0.25) is 5.52 Å². The molecule has 2 N–H and O–H groups in total. The maximum Gasteiger partial charge on any atom is 0.262 e. The van der Waals surface area contributed by atoms with Crippen LogP contribution in [0.3, 0.4) is 0 Å². The van der Waals surface area contributed by atoms with Crippen molar-refractivity contribution in [2.45, 2.75) is 13.5 Å². The maximum absolute atomic E-state index is 9.82. The highest BCUT2D eigenvalue weighted by Crippen LogP contribution is 2.29. The van der Waals surface area contributed by atoms with Crippen LogP contribution in [-0.4, -0.2) is 10.2 Å². The fourth-order valence-corrected chi connectivity index (χ4v) is 3.50. The molecule has 3 rings (SSSR count). The second-order valence-corrected chi connectivity index (χ2v) is 5.76. The number of aromatic hydroxyl groups is 2. The summed E-state index contributed by atoms with van der Waals surface area (Å²) in [5, 5.41) is 20.7. The third-order valence-electron chi connectivity index (χ3n) is 3.41. The van der Waals surface area contributed by atoms with Crippen molar-refractivity contribution in [1.82, 2.24) is 0 Å². The number of phenols is 2. The van der Waals surface area contributed by atoms with Crippen molar-refractivity contribution in [3.8, 4) is 11.5 Å². The summed E-state index contributed by atoms with van der Waals surface area (Å²) in [6.07, 6.45) is 3.68. The van der Waals surface area contributed by atoms with E-state index < -0.39 is 0 Å². The minimum Gasteiger partial charge on any atom is -0.507 e. The summed E-state index contributed by atoms with van der Waals surface area (Å²) >= 11 is 1.69. The largest absolute Gasteiger partial charge is 0.507 e. The first kappa shape index (κ1) is 13.6. The van der Waals surface area contributed by atoms with Gasteiger partial charge in [0, 0.05) is 12.1 Å². The Morgan fingerprint density at radius 1 is 1.00 bits per heavy atom. The van der Waals surface area contributed by atoms with Crippen LogP contribution in [0.15, 0.2) is 42.5 Å². The van der Waals surface area contributed by atoms with E-state index in [1.165, 1.54) is 10.2 Å². The molecule has 1 heterocycles. The standard InChI is InChI=1S/C17H15NO2S/c1-2-18-13-6-3-4-9-16(13)21-17(18)11-10-12-14(19)7-5-8-15(12)20/h3-11H,2H2,1H3,(H,19,20)/p+1. The van der Waals surface area contributed by atoms with Gasteiger partial charge < -0.3 is 10.2 Å². The molecule has 4 heteroatoms. The van der Waals surface area contributed by atoms with Crippen LogP contribution in [0.25, 0.3) is 22.4 Å². The molecule has 0 saturated heterocycles. The Morgan fingerprint density at radius 3 is 2.43 bits per heavy atom. The van der Waals surface area contributed by atoms with E-state index in [1.807, 2.05) is 18.2 Å². The average Bonchev–Trinajstić information content (AvgIpc) is 2.84. The number of benzene rings is 2. The second kappa shape index (κ2) is 5.58. The maximum atomic E-state index is 9.82. The van der Waals surface area contributed by atoms with Crippen LogP contribution in [0.5, 0.6) is 11.5 Å². The van der Waals surface area contributed by atoms with Gasteiger partial charge in [-0.2, -0.15) is 4.57 Å². The van der Waals surface area contributed by atoms with E-state index in [0.717, 1.165) is 11.6 Å². The van der Waals surface area contributed by atoms with Crippen molar-refractivity contribution in [1.29, 1.82) is 0 Å². The molecule has 106 valence electrons. The number of aryl methyl sites for hydroxylation is 1. The summed E-state index contributed by atoms with van der Waals surface area (Å²) in [5.74, 6) is 0.158. The van der Waals surface area contributed by atoms with Crippen LogP contribution < -0.4 is 4.57 Å². The monoisotopic (exact) mass is 298 g/mol. The third-order valence-corrected chi connectivity index (χ3v) is 4.54. The van der Waals surface area contributed by atoms with E-state index in [1.54, 1.807) is 35.6 Å². The van der Waals surface area contributed by atoms with Crippen molar-refractivity contribution in [2.75, 3.05) is 0 Å². The molecule has 3 nitrogen and oxygen atoms in total. The number of para-hydroxylation sites is 1. The lowest BCUT2D eigenvalue weighted by molar-refractivity contribution is -0.665. The summed E-state index contributed by atoms with van der Waals surface area (Å²) in [6, 6.07) is 13.0. The third kappa shape index (κ3) is 2.50. The smallest absolute Gasteiger partial charge is 0.262 e. The first-order valence-electron chi connectivity index (χ1n) is 6.81. The van der Waals surface area contributed by atoms with Crippen LogP contribution >= 0.6 is 11.3 Å². The Morgan fingerprint density at radius 2 is 1.71 bits per heavy atom. The topological polar surface area (TPSA) is 44.3 Å². The van der Waals surface area contributed by atoms with E-state index in [2.05, 4.69) is 23.6 Å². The van der Waals surface area contributed by atoms with Crippen molar-refractivity contribution < 1.29 is 14.8 Å². The van der Waals surface area contributed by atoms with Crippen LogP contribution in [0.1, 0.15) is 17.5 Å². The molecule has 0 bridgehead atoms. The first-order chi connectivity index (χ1) is 10.2. The number of fused-ring (bicyclic) bond motifs is 1. The van der Waals surface area contributed by atoms with E-state index in [0.29, 0.717) is 5.56 Å². The fourth-order valence-electron chi connectivity index (χ4n) is 2.37. The minimum absolute atomic E-state index is 0.0791. The van der Waals surface area contributed by atoms with Crippen LogP contribution in [0.2, 0.25) is 0 Å². The van der Waals surface area contributed by atoms with Gasteiger partial charge in [0.05, 0.1) is 5.56 Å². The molecule has 2 aromatic carbocycles. The molecule has 0 radical (unpaired) electrons. The highest BCUT2D eigenvalue weighted by atomic mass is 32.1. The first-order valence-corrected chi connectivity index (χ1v) is 7.62. The number of phenolic OH excluding ortho intramolecular Hbond substituents is 2. The fraction of sp³-hybridized carbons (Fsp3) is 0.118. The van der Waals surface area contributed by atoms with Crippen LogP contribution in [0.4, 0.5) is 0 Å². The molecule has 0 spiro atoms. The van der Waals surface area contributed by atoms with Gasteiger partial charge in [-0.25, -0.2) is 0 Å². The minimum atomic E-state index is 0.0791. The molecule has 0 aliphatic carbocycles. The predicted molar refractivity (Wildman–Crippen MR) is 86.4 cm³/mol. The molecule has 0 aliphatic heterocycles. The van der Waals surface area contributed by atoms with Gasteiger partial charge in [0.15, 0.2) is 0 Å². The zero-order valence-corrected chi connectivity index (χ0v) is 12.5. The summed E-state index contributed by atoms with van der Waals surface area (Å²) in [7, 11) is 0. The summed E-state index contributed by atoms with van der Waals surface area (Å²) in [6.45, 7) is 2.98. The van der Waals surface area contributed by atoms with Gasteiger partial charge in [-0.15, -0.1) is 0 Å². The quantitative estimate of drug-likeness (QED) is 0.723. The molecule has 0 unspecified atom stereocenters. The average molecular weight is 298 g/mol. The number of rotatable bonds is 3. The van der Waals surface area contributed by atoms with Gasteiger partial charge in [-0.3, -0.25) is 0 Å². The van der Waals surface area contributed by atoms with E-state index in [4.69, 9.17) is 0 Å². The van der Waals surface area contributed by atoms with Crippen molar-refractivity contribution in [3.63, 3.8) is 0 Å². The van der Waals surface area contributed by atoms with Gasteiger partial charge in [0.25, 0.3) is 5.01 Å². The number of thiazole rings is 1. The van der Waals surface area contributed by atoms with Crippen LogP contribution in [0, 0.1) is 0 Å². The molecule has 21 heavy (non-hydrogen) atoms. The van der Waals surface area contributed by atoms with Gasteiger partial charge in [-0.1, -0.05) is 29.5 Å². The number of nitrogens with zero attached hydrogens (tertiary/aromatic N) is 1. The predicted octanol–water partition coefficient (Wildman–Crippen LogP) is 3.79. The highest BCUT2D eigenvalue weighted by molar-refractivity contribution is 7.18. The second-order valence-electron chi connectivity index (χ2n) is 4.70. The van der Waals surface area contributed by atoms with Gasteiger partial charge in [-0.05, 0) is 31.2 Å². The van der Waals surface area contributed by atoms with Gasteiger partial charge >= 0.3 is 0 Å². The van der Waals surface area contributed by atoms with Crippen LogP contribution in [-0.2, 0) is 6.54 Å². The highest BCUT2D eigenvalue weighted by Gasteiger charge is 2.16. The lowest BCUT2D eigenvalue weighted by Gasteiger charge is -2.00. The lowest BCUT2D eigenvalue weighted by atomic mass is 10.1. The Labute approximate surface area is 127 Å². The SMILES string of the molecule is CC[n+]1c(/C=C/c2c(O)cccc2O)sc2ccccc21. The Balaban J connectivity index is 2.07. The van der Waals surface area contributed by atoms with Crippen molar-refractivity contribution in [3.05, 3.63) is 53.0 Å². The zero-order valence-electron chi connectivity index (χ0n) is 11.7. The normalized spacial score (nSPS) is 11.5. The molecular weight excluding hydrogens is 282 g/mol. The molecule has 0 saturated carbocycles. The summed E-state index contributed by atoms with van der Waals surface area (Å²) in [4.78, 5) is 0. The molecular formula is C17H16NO2S+. The van der Waals surface area contributed by atoms with E-state index in [9.17, 15) is 10.2 Å². The van der Waals surface area contributed by atoms with Crippen molar-refractivity contribution in [2.24, 2.45) is 0 Å². The molecule has 0 aliphatic rings. The van der Waals surface area contributed by atoms with Gasteiger partial charge in [0.1, 0.15) is 22.7 Å². The Hall–Kier alpha value is -2.33. The molecule has 3 aromatic rings. The summed E-state index contributed by atoms with van der Waals surface area (Å²) < 4.78 is 3.44. The zero-order chi connectivity index (χ0) is 14.8. The molecule has 0 amide bonds. The Kier molecular flexibility index (Phi) is 3.62. The molecule has 0 atom stereocenters. The van der Waals surface area contributed by atoms with E-state index in [-0.39, 0.29) is 11.5 Å². The summed E-state index contributed by atoms with van der Waals surface area (Å²) in [5.41, 5.74) is 1.64. The lowest BCUT2D eigenvalue weighted by Crippen LogP contribution is -2.33. The molecule has 1 aromatic heterocycles. The van der Waals surface area contributed by atoms with E-state index >= 15 is 0 Å². The number of hydrogen-bond donors (Lipinski definition) is 2. The number of hydrogen-bond acceptors (Lipinski definition) is 3. The van der Waals surface area contributed by atoms with Crippen molar-refractivity contribution >= 4 is 33.7 Å². The Bertz CT molecular complexity index is 801. The molecule has 0 fully saturated rings. The number of aromatic nitrogens is 1.